The van der Waals surface area contributed by atoms with Gasteiger partial charge in [-0.1, -0.05) is 24.3 Å². The van der Waals surface area contributed by atoms with Crippen molar-refractivity contribution in [2.75, 3.05) is 20.1 Å². The molecule has 140 valence electrons. The Hall–Kier alpha value is -1.28. The molecule has 0 atom stereocenters. The van der Waals surface area contributed by atoms with Crippen molar-refractivity contribution in [2.24, 2.45) is 4.99 Å². The van der Waals surface area contributed by atoms with Gasteiger partial charge >= 0.3 is 0 Å². The number of nitrogens with zero attached hydrogens (tertiary/aromatic N) is 2. The maximum Gasteiger partial charge on any atom is 0.191 e. The van der Waals surface area contributed by atoms with E-state index in [0.717, 1.165) is 31.2 Å². The second kappa shape index (κ2) is 10.2. The quantitative estimate of drug-likeness (QED) is 0.356. The first-order chi connectivity index (χ1) is 12.2. The molecule has 3 rings (SSSR count). The number of aliphatic imine (C=N–C) groups is 1. The third kappa shape index (κ3) is 6.46. The summed E-state index contributed by atoms with van der Waals surface area (Å²) in [6.45, 7) is 3.80. The van der Waals surface area contributed by atoms with Crippen molar-refractivity contribution < 1.29 is 0 Å². The van der Waals surface area contributed by atoms with E-state index in [-0.39, 0.29) is 24.0 Å². The second-order valence-corrected chi connectivity index (χ2v) is 8.05. The van der Waals surface area contributed by atoms with Gasteiger partial charge in [-0.3, -0.25) is 9.98 Å². The zero-order valence-electron chi connectivity index (χ0n) is 15.4. The van der Waals surface area contributed by atoms with E-state index in [9.17, 15) is 0 Å². The largest absolute Gasteiger partial charge is 0.356 e. The first kappa shape index (κ1) is 21.0. The van der Waals surface area contributed by atoms with E-state index < -0.39 is 0 Å². The van der Waals surface area contributed by atoms with Crippen LogP contribution in [-0.4, -0.2) is 35.8 Å². The van der Waals surface area contributed by atoms with E-state index in [1.807, 2.05) is 31.9 Å². The Balaban J connectivity index is 0.00000243. The predicted molar refractivity (Wildman–Crippen MR) is 122 cm³/mol. The summed E-state index contributed by atoms with van der Waals surface area (Å²) < 4.78 is 0.319. The van der Waals surface area contributed by atoms with Gasteiger partial charge in [-0.05, 0) is 49.9 Å². The molecule has 0 radical (unpaired) electrons. The highest BCUT2D eigenvalue weighted by atomic mass is 127. The Kier molecular flexibility index (Phi) is 8.21. The van der Waals surface area contributed by atoms with Crippen LogP contribution in [0.4, 0.5) is 0 Å². The standard InChI is InChI=1S/C20H26N4S.HI/c1-16-8-9-17(14-23-16)10-13-22-19(21-2)24-15-20(11-12-20)25-18-6-4-3-5-7-18;/h3-9,14H,10-13,15H2,1-2H3,(H2,21,22,24);1H. The highest BCUT2D eigenvalue weighted by molar-refractivity contribution is 14.0. The summed E-state index contributed by atoms with van der Waals surface area (Å²) in [5.41, 5.74) is 2.30. The van der Waals surface area contributed by atoms with E-state index in [2.05, 4.69) is 63.1 Å². The topological polar surface area (TPSA) is 49.3 Å². The summed E-state index contributed by atoms with van der Waals surface area (Å²) in [6.07, 6.45) is 5.40. The van der Waals surface area contributed by atoms with Gasteiger partial charge < -0.3 is 10.6 Å². The Bertz CT molecular complexity index is 700. The number of hydrogen-bond acceptors (Lipinski definition) is 3. The molecule has 1 aromatic carbocycles. The minimum absolute atomic E-state index is 0. The molecular weight excluding hydrogens is 455 g/mol. The van der Waals surface area contributed by atoms with Crippen molar-refractivity contribution in [1.82, 2.24) is 15.6 Å². The first-order valence-corrected chi connectivity index (χ1v) is 9.61. The van der Waals surface area contributed by atoms with Gasteiger partial charge in [0.15, 0.2) is 5.96 Å². The Morgan fingerprint density at radius 3 is 2.54 bits per heavy atom. The van der Waals surface area contributed by atoms with E-state index in [0.29, 0.717) is 4.75 Å². The van der Waals surface area contributed by atoms with Crippen LogP contribution in [0.15, 0.2) is 58.5 Å². The number of rotatable bonds is 7. The molecule has 4 nitrogen and oxygen atoms in total. The molecule has 1 fully saturated rings. The van der Waals surface area contributed by atoms with Gasteiger partial charge in [-0.2, -0.15) is 0 Å². The van der Waals surface area contributed by atoms with Crippen LogP contribution in [0.3, 0.4) is 0 Å². The average molecular weight is 482 g/mol. The van der Waals surface area contributed by atoms with E-state index >= 15 is 0 Å². The smallest absolute Gasteiger partial charge is 0.191 e. The Morgan fingerprint density at radius 2 is 1.92 bits per heavy atom. The molecule has 0 amide bonds. The molecule has 6 heteroatoms. The van der Waals surface area contributed by atoms with Crippen molar-refractivity contribution in [2.45, 2.75) is 35.8 Å². The third-order valence-corrected chi connectivity index (χ3v) is 5.86. The molecule has 2 N–H and O–H groups in total. The van der Waals surface area contributed by atoms with Crippen molar-refractivity contribution in [3.8, 4) is 0 Å². The summed E-state index contributed by atoms with van der Waals surface area (Å²) in [5, 5.41) is 6.89. The number of benzene rings is 1. The molecule has 1 aliphatic rings. The number of halogens is 1. The number of pyridine rings is 1. The van der Waals surface area contributed by atoms with E-state index in [4.69, 9.17) is 0 Å². The fraction of sp³-hybridized carbons (Fsp3) is 0.400. The van der Waals surface area contributed by atoms with Crippen molar-refractivity contribution in [3.63, 3.8) is 0 Å². The van der Waals surface area contributed by atoms with Crippen LogP contribution in [0.1, 0.15) is 24.1 Å². The number of hydrogen-bond donors (Lipinski definition) is 2. The molecule has 1 aliphatic carbocycles. The van der Waals surface area contributed by atoms with E-state index in [1.54, 1.807) is 0 Å². The van der Waals surface area contributed by atoms with Gasteiger partial charge in [-0.15, -0.1) is 35.7 Å². The fourth-order valence-electron chi connectivity index (χ4n) is 2.63. The summed E-state index contributed by atoms with van der Waals surface area (Å²) in [4.78, 5) is 10.0. The SMILES string of the molecule is CN=C(NCCc1ccc(C)nc1)NCC1(Sc2ccccc2)CC1.I. The lowest BCUT2D eigenvalue weighted by atomic mass is 10.2. The number of thioether (sulfide) groups is 1. The van der Waals surface area contributed by atoms with E-state index in [1.165, 1.54) is 23.3 Å². The van der Waals surface area contributed by atoms with Crippen LogP contribution < -0.4 is 10.6 Å². The van der Waals surface area contributed by atoms with Crippen molar-refractivity contribution in [3.05, 3.63) is 59.9 Å². The van der Waals surface area contributed by atoms with Gasteiger partial charge in [-0.25, -0.2) is 0 Å². The van der Waals surface area contributed by atoms with Gasteiger partial charge in [0.05, 0.1) is 0 Å². The van der Waals surface area contributed by atoms with Crippen LogP contribution in [-0.2, 0) is 6.42 Å². The maximum atomic E-state index is 4.34. The minimum atomic E-state index is 0. The normalized spacial score (nSPS) is 15.1. The van der Waals surface area contributed by atoms with Crippen LogP contribution in [0.2, 0.25) is 0 Å². The fourth-order valence-corrected chi connectivity index (χ4v) is 3.87. The molecule has 26 heavy (non-hydrogen) atoms. The number of nitrogens with one attached hydrogen (secondary N) is 2. The molecule has 0 saturated heterocycles. The van der Waals surface area contributed by atoms with Crippen LogP contribution in [0.25, 0.3) is 0 Å². The summed E-state index contributed by atoms with van der Waals surface area (Å²) in [7, 11) is 1.83. The lowest BCUT2D eigenvalue weighted by molar-refractivity contribution is 0.759. The molecule has 0 bridgehead atoms. The third-order valence-electron chi connectivity index (χ3n) is 4.37. The Morgan fingerprint density at radius 1 is 1.15 bits per heavy atom. The maximum absolute atomic E-state index is 4.34. The zero-order valence-corrected chi connectivity index (χ0v) is 18.5. The van der Waals surface area contributed by atoms with Crippen LogP contribution in [0.5, 0.6) is 0 Å². The Labute approximate surface area is 177 Å². The number of aromatic nitrogens is 1. The number of aryl methyl sites for hydroxylation is 1. The van der Waals surface area contributed by atoms with Crippen LogP contribution >= 0.6 is 35.7 Å². The highest BCUT2D eigenvalue weighted by Crippen LogP contribution is 2.51. The molecule has 0 spiro atoms. The monoisotopic (exact) mass is 482 g/mol. The van der Waals surface area contributed by atoms with Crippen molar-refractivity contribution in [1.29, 1.82) is 0 Å². The highest BCUT2D eigenvalue weighted by Gasteiger charge is 2.43. The molecule has 0 unspecified atom stereocenters. The molecule has 1 saturated carbocycles. The number of guanidine groups is 1. The van der Waals surface area contributed by atoms with Gasteiger partial charge in [0.2, 0.25) is 0 Å². The van der Waals surface area contributed by atoms with Gasteiger partial charge in [0, 0.05) is 41.7 Å². The lowest BCUT2D eigenvalue weighted by Crippen LogP contribution is -2.41. The predicted octanol–water partition coefficient (Wildman–Crippen LogP) is 4.04. The zero-order chi connectivity index (χ0) is 17.5. The molecular formula is C20H27IN4S. The summed E-state index contributed by atoms with van der Waals surface area (Å²) in [5.74, 6) is 0.875. The first-order valence-electron chi connectivity index (χ1n) is 8.79. The van der Waals surface area contributed by atoms with Crippen LogP contribution in [0, 0.1) is 6.92 Å². The molecule has 1 aromatic heterocycles. The minimum Gasteiger partial charge on any atom is -0.356 e. The second-order valence-electron chi connectivity index (χ2n) is 6.51. The average Bonchev–Trinajstić information content (AvgIpc) is 3.40. The summed E-state index contributed by atoms with van der Waals surface area (Å²) in [6, 6.07) is 14.8. The summed E-state index contributed by atoms with van der Waals surface area (Å²) >= 11 is 1.98. The van der Waals surface area contributed by atoms with Crippen molar-refractivity contribution >= 4 is 41.7 Å². The van der Waals surface area contributed by atoms with Gasteiger partial charge in [0.25, 0.3) is 0 Å². The molecule has 0 aliphatic heterocycles. The van der Waals surface area contributed by atoms with Gasteiger partial charge in [0.1, 0.15) is 0 Å². The lowest BCUT2D eigenvalue weighted by Gasteiger charge is -2.18. The molecule has 2 aromatic rings. The molecule has 1 heterocycles.